The van der Waals surface area contributed by atoms with Crippen molar-refractivity contribution in [1.82, 2.24) is 5.32 Å². The van der Waals surface area contributed by atoms with Crippen molar-refractivity contribution in [2.75, 3.05) is 6.54 Å². The lowest BCUT2D eigenvalue weighted by Crippen LogP contribution is -2.38. The predicted octanol–water partition coefficient (Wildman–Crippen LogP) is 3.37. The molecular weight excluding hydrogens is 262 g/mol. The van der Waals surface area contributed by atoms with E-state index in [0.717, 1.165) is 0 Å². The first-order valence-corrected chi connectivity index (χ1v) is 7.21. The molecule has 0 bridgehead atoms. The Morgan fingerprint density at radius 2 is 1.57 bits per heavy atom. The van der Waals surface area contributed by atoms with Crippen LogP contribution in [0.15, 0.2) is 60.7 Å². The first kappa shape index (κ1) is 15.1. The molecule has 1 N–H and O–H groups in total. The molecule has 0 aromatic heterocycles. The van der Waals surface area contributed by atoms with Gasteiger partial charge in [0.2, 0.25) is 0 Å². The number of rotatable bonds is 6. The van der Waals surface area contributed by atoms with E-state index in [-0.39, 0.29) is 11.8 Å². The van der Waals surface area contributed by atoms with Gasteiger partial charge in [-0.05, 0) is 30.5 Å². The number of ether oxygens (including phenoxy) is 1. The summed E-state index contributed by atoms with van der Waals surface area (Å²) in [4.78, 5) is 12.0. The Morgan fingerprint density at radius 3 is 2.19 bits per heavy atom. The predicted molar refractivity (Wildman–Crippen MR) is 84.4 cm³/mol. The SMILES string of the molecule is C[C@@H](Oc1ccccc1)C(=O)NC[C@H](C)c1ccccc1. The van der Waals surface area contributed by atoms with Crippen LogP contribution in [0.3, 0.4) is 0 Å². The summed E-state index contributed by atoms with van der Waals surface area (Å²) in [7, 11) is 0. The third-order valence-corrected chi connectivity index (χ3v) is 3.38. The van der Waals surface area contributed by atoms with Crippen LogP contribution in [0.2, 0.25) is 0 Å². The van der Waals surface area contributed by atoms with Crippen molar-refractivity contribution in [2.24, 2.45) is 0 Å². The second-order valence-electron chi connectivity index (χ2n) is 5.13. The van der Waals surface area contributed by atoms with Gasteiger partial charge in [-0.15, -0.1) is 0 Å². The summed E-state index contributed by atoms with van der Waals surface area (Å²) >= 11 is 0. The van der Waals surface area contributed by atoms with Crippen LogP contribution < -0.4 is 10.1 Å². The first-order valence-electron chi connectivity index (χ1n) is 7.21. The minimum Gasteiger partial charge on any atom is -0.481 e. The van der Waals surface area contributed by atoms with Gasteiger partial charge in [0.1, 0.15) is 5.75 Å². The zero-order chi connectivity index (χ0) is 15.1. The van der Waals surface area contributed by atoms with Gasteiger partial charge in [-0.3, -0.25) is 4.79 Å². The van der Waals surface area contributed by atoms with Gasteiger partial charge in [-0.1, -0.05) is 55.5 Å². The molecule has 21 heavy (non-hydrogen) atoms. The molecule has 2 aromatic carbocycles. The van der Waals surface area contributed by atoms with E-state index in [1.807, 2.05) is 48.5 Å². The summed E-state index contributed by atoms with van der Waals surface area (Å²) in [6, 6.07) is 19.5. The highest BCUT2D eigenvalue weighted by Crippen LogP contribution is 2.14. The molecule has 0 saturated heterocycles. The highest BCUT2D eigenvalue weighted by atomic mass is 16.5. The van der Waals surface area contributed by atoms with Gasteiger partial charge >= 0.3 is 0 Å². The van der Waals surface area contributed by atoms with Gasteiger partial charge in [0.05, 0.1) is 0 Å². The molecule has 2 rings (SSSR count). The van der Waals surface area contributed by atoms with E-state index in [1.165, 1.54) is 5.56 Å². The van der Waals surface area contributed by atoms with Crippen molar-refractivity contribution >= 4 is 5.91 Å². The Balaban J connectivity index is 1.81. The van der Waals surface area contributed by atoms with E-state index in [1.54, 1.807) is 6.92 Å². The highest BCUT2D eigenvalue weighted by molar-refractivity contribution is 5.80. The largest absolute Gasteiger partial charge is 0.481 e. The molecule has 2 atom stereocenters. The maximum absolute atomic E-state index is 12.0. The van der Waals surface area contributed by atoms with Gasteiger partial charge in [0.25, 0.3) is 5.91 Å². The van der Waals surface area contributed by atoms with Gasteiger partial charge in [0.15, 0.2) is 6.10 Å². The number of hydrogen-bond acceptors (Lipinski definition) is 2. The van der Waals surface area contributed by atoms with Crippen molar-refractivity contribution in [1.29, 1.82) is 0 Å². The number of carbonyl (C=O) groups is 1. The Labute approximate surface area is 126 Å². The number of benzene rings is 2. The second kappa shape index (κ2) is 7.48. The molecule has 0 radical (unpaired) electrons. The molecule has 3 heteroatoms. The zero-order valence-electron chi connectivity index (χ0n) is 12.5. The average Bonchev–Trinajstić information content (AvgIpc) is 2.54. The second-order valence-corrected chi connectivity index (χ2v) is 5.13. The van der Waals surface area contributed by atoms with Crippen molar-refractivity contribution < 1.29 is 9.53 Å². The summed E-state index contributed by atoms with van der Waals surface area (Å²) in [6.07, 6.45) is -0.504. The Morgan fingerprint density at radius 1 is 1.00 bits per heavy atom. The molecule has 0 heterocycles. The number of para-hydroxylation sites is 1. The topological polar surface area (TPSA) is 38.3 Å². The molecule has 0 aliphatic rings. The highest BCUT2D eigenvalue weighted by Gasteiger charge is 2.15. The molecule has 0 spiro atoms. The summed E-state index contributed by atoms with van der Waals surface area (Å²) in [5, 5.41) is 2.94. The normalized spacial score (nSPS) is 13.2. The van der Waals surface area contributed by atoms with E-state index >= 15 is 0 Å². The van der Waals surface area contributed by atoms with E-state index < -0.39 is 6.10 Å². The van der Waals surface area contributed by atoms with Crippen molar-refractivity contribution in [3.05, 3.63) is 66.2 Å². The van der Waals surface area contributed by atoms with E-state index in [0.29, 0.717) is 12.3 Å². The van der Waals surface area contributed by atoms with Crippen molar-refractivity contribution in [2.45, 2.75) is 25.9 Å². The molecule has 0 fully saturated rings. The van der Waals surface area contributed by atoms with Crippen molar-refractivity contribution in [3.63, 3.8) is 0 Å². The molecule has 0 unspecified atom stereocenters. The van der Waals surface area contributed by atoms with Crippen LogP contribution in [-0.2, 0) is 4.79 Å². The average molecular weight is 283 g/mol. The fraction of sp³-hybridized carbons (Fsp3) is 0.278. The van der Waals surface area contributed by atoms with Gasteiger partial charge in [0, 0.05) is 6.54 Å². The van der Waals surface area contributed by atoms with Crippen LogP contribution in [0.4, 0.5) is 0 Å². The maximum Gasteiger partial charge on any atom is 0.260 e. The molecule has 1 amide bonds. The zero-order valence-corrected chi connectivity index (χ0v) is 12.5. The Hall–Kier alpha value is -2.29. The fourth-order valence-corrected chi connectivity index (χ4v) is 2.05. The minimum atomic E-state index is -0.504. The molecule has 3 nitrogen and oxygen atoms in total. The smallest absolute Gasteiger partial charge is 0.260 e. The lowest BCUT2D eigenvalue weighted by molar-refractivity contribution is -0.127. The number of carbonyl (C=O) groups excluding carboxylic acids is 1. The summed E-state index contributed by atoms with van der Waals surface area (Å²) < 4.78 is 5.60. The number of hydrogen-bond donors (Lipinski definition) is 1. The molecule has 0 aliphatic carbocycles. The van der Waals surface area contributed by atoms with Crippen LogP contribution in [0.1, 0.15) is 25.3 Å². The van der Waals surface area contributed by atoms with E-state index in [9.17, 15) is 4.79 Å². The van der Waals surface area contributed by atoms with E-state index in [2.05, 4.69) is 24.4 Å². The van der Waals surface area contributed by atoms with Gasteiger partial charge in [-0.2, -0.15) is 0 Å². The molecular formula is C18H21NO2. The molecule has 2 aromatic rings. The van der Waals surface area contributed by atoms with Crippen LogP contribution >= 0.6 is 0 Å². The quantitative estimate of drug-likeness (QED) is 0.882. The number of amides is 1. The molecule has 0 aliphatic heterocycles. The molecule has 0 saturated carbocycles. The minimum absolute atomic E-state index is 0.0957. The summed E-state index contributed by atoms with van der Waals surface area (Å²) in [5.74, 6) is 0.886. The van der Waals surface area contributed by atoms with Crippen LogP contribution in [0.5, 0.6) is 5.75 Å². The van der Waals surface area contributed by atoms with E-state index in [4.69, 9.17) is 4.74 Å². The van der Waals surface area contributed by atoms with Gasteiger partial charge < -0.3 is 10.1 Å². The van der Waals surface area contributed by atoms with Crippen molar-refractivity contribution in [3.8, 4) is 5.75 Å². The lowest BCUT2D eigenvalue weighted by Gasteiger charge is -2.17. The standard InChI is InChI=1S/C18H21NO2/c1-14(16-9-5-3-6-10-16)13-19-18(20)15(2)21-17-11-7-4-8-12-17/h3-12,14-15H,13H2,1-2H3,(H,19,20)/t14-,15+/m0/s1. The van der Waals surface area contributed by atoms with Crippen LogP contribution in [-0.4, -0.2) is 18.6 Å². The van der Waals surface area contributed by atoms with Gasteiger partial charge in [-0.25, -0.2) is 0 Å². The monoisotopic (exact) mass is 283 g/mol. The third-order valence-electron chi connectivity index (χ3n) is 3.38. The first-order chi connectivity index (χ1) is 10.2. The summed E-state index contributed by atoms with van der Waals surface area (Å²) in [6.45, 7) is 4.46. The van der Waals surface area contributed by atoms with Crippen LogP contribution in [0, 0.1) is 0 Å². The molecule has 110 valence electrons. The Bertz CT molecular complexity index is 554. The van der Waals surface area contributed by atoms with Crippen LogP contribution in [0.25, 0.3) is 0 Å². The third kappa shape index (κ3) is 4.63. The maximum atomic E-state index is 12.0. The lowest BCUT2D eigenvalue weighted by atomic mass is 10.0. The summed E-state index contributed by atoms with van der Waals surface area (Å²) in [5.41, 5.74) is 1.22. The number of nitrogens with one attached hydrogen (secondary N) is 1. The Kier molecular flexibility index (Phi) is 5.38. The fourth-order valence-electron chi connectivity index (χ4n) is 2.05.